The summed E-state index contributed by atoms with van der Waals surface area (Å²) in [4.78, 5) is 32.0. The molecule has 1 aromatic carbocycles. The molecule has 0 unspecified atom stereocenters. The van der Waals surface area contributed by atoms with Gasteiger partial charge in [-0.15, -0.1) is 22.7 Å². The van der Waals surface area contributed by atoms with Crippen molar-refractivity contribution in [3.05, 3.63) is 52.9 Å². The van der Waals surface area contributed by atoms with Crippen molar-refractivity contribution in [2.45, 2.75) is 25.7 Å². The fourth-order valence-corrected chi connectivity index (χ4v) is 4.99. The first-order chi connectivity index (χ1) is 14.7. The van der Waals surface area contributed by atoms with Gasteiger partial charge >= 0.3 is 5.97 Å². The van der Waals surface area contributed by atoms with Gasteiger partial charge in [-0.05, 0) is 55.0 Å². The van der Waals surface area contributed by atoms with Crippen LogP contribution in [0.1, 0.15) is 25.0 Å². The Balaban J connectivity index is 1.22. The van der Waals surface area contributed by atoms with Crippen LogP contribution in [0.15, 0.2) is 47.2 Å². The lowest BCUT2D eigenvalue weighted by Crippen LogP contribution is -2.29. The number of nitrogens with one attached hydrogen (secondary N) is 1. The summed E-state index contributed by atoms with van der Waals surface area (Å²) in [6.45, 7) is 1.85. The van der Waals surface area contributed by atoms with E-state index in [2.05, 4.69) is 15.2 Å². The first kappa shape index (κ1) is 20.6. The third-order valence-corrected chi connectivity index (χ3v) is 6.78. The summed E-state index contributed by atoms with van der Waals surface area (Å²) in [5.41, 5.74) is 2.52. The average Bonchev–Trinajstić information content (AvgIpc) is 3.45. The molecular weight excluding hydrogens is 418 g/mol. The van der Waals surface area contributed by atoms with Crippen molar-refractivity contribution in [1.29, 1.82) is 0 Å². The monoisotopic (exact) mass is 441 g/mol. The molecule has 2 aromatic heterocycles. The van der Waals surface area contributed by atoms with Crippen LogP contribution in [-0.4, -0.2) is 36.6 Å². The molecule has 0 bridgehead atoms. The van der Waals surface area contributed by atoms with Crippen LogP contribution in [0, 0.1) is 0 Å². The van der Waals surface area contributed by atoms with E-state index in [0.29, 0.717) is 11.4 Å². The van der Waals surface area contributed by atoms with Crippen LogP contribution in [0.25, 0.3) is 9.88 Å². The smallest absolute Gasteiger partial charge is 0.312 e. The van der Waals surface area contributed by atoms with Crippen LogP contribution in [0.3, 0.4) is 0 Å². The number of benzene rings is 1. The summed E-state index contributed by atoms with van der Waals surface area (Å²) in [6.07, 6.45) is 3.79. The van der Waals surface area contributed by atoms with E-state index in [1.807, 2.05) is 47.2 Å². The van der Waals surface area contributed by atoms with Crippen molar-refractivity contribution in [3.63, 3.8) is 0 Å². The molecule has 1 fully saturated rings. The number of esters is 1. The summed E-state index contributed by atoms with van der Waals surface area (Å²) in [6, 6.07) is 11.8. The molecular formula is C22H23N3O3S2. The van der Waals surface area contributed by atoms with Crippen molar-refractivity contribution < 1.29 is 14.3 Å². The minimum atomic E-state index is -0.464. The summed E-state index contributed by atoms with van der Waals surface area (Å²) in [5.74, 6) is -0.819. The first-order valence-electron chi connectivity index (χ1n) is 9.96. The number of anilines is 2. The Bertz CT molecular complexity index is 977. The van der Waals surface area contributed by atoms with E-state index in [4.69, 9.17) is 4.74 Å². The molecule has 30 heavy (non-hydrogen) atoms. The topological polar surface area (TPSA) is 71.5 Å². The maximum absolute atomic E-state index is 12.1. The third-order valence-electron chi connectivity index (χ3n) is 4.85. The zero-order valence-corrected chi connectivity index (χ0v) is 18.1. The molecule has 1 N–H and O–H groups in total. The lowest BCUT2D eigenvalue weighted by molar-refractivity contribution is -0.146. The second kappa shape index (κ2) is 9.86. The molecule has 0 saturated carbocycles. The standard InChI is InChI=1S/C22H23N3O3S2/c26-20(23-16-6-8-18(9-7-16)25-10-2-1-3-11-25)14-28-21(27)13-17-15-30-22(24-17)19-5-4-12-29-19/h4-9,12,15H,1-3,10-11,13-14H2,(H,23,26). The van der Waals surface area contributed by atoms with Crippen LogP contribution in [0.5, 0.6) is 0 Å². The minimum absolute atomic E-state index is 0.0552. The molecule has 1 aliphatic rings. The Labute approximate surface area is 183 Å². The Morgan fingerprint density at radius 3 is 2.60 bits per heavy atom. The van der Waals surface area contributed by atoms with Crippen LogP contribution in [0.4, 0.5) is 11.4 Å². The summed E-state index contributed by atoms with van der Waals surface area (Å²) in [7, 11) is 0. The largest absolute Gasteiger partial charge is 0.455 e. The second-order valence-electron chi connectivity index (χ2n) is 7.10. The fraction of sp³-hybridized carbons (Fsp3) is 0.318. The number of aromatic nitrogens is 1. The maximum atomic E-state index is 12.1. The lowest BCUT2D eigenvalue weighted by Gasteiger charge is -2.28. The molecule has 6 nitrogen and oxygen atoms in total. The SMILES string of the molecule is O=C(COC(=O)Cc1csc(-c2cccs2)n1)Nc1ccc(N2CCCCC2)cc1. The average molecular weight is 442 g/mol. The molecule has 4 rings (SSSR count). The highest BCUT2D eigenvalue weighted by atomic mass is 32.1. The van der Waals surface area contributed by atoms with Gasteiger partial charge in [0.25, 0.3) is 5.91 Å². The molecule has 3 aromatic rings. The van der Waals surface area contributed by atoms with Crippen LogP contribution >= 0.6 is 22.7 Å². The van der Waals surface area contributed by atoms with Gasteiger partial charge in [-0.1, -0.05) is 6.07 Å². The summed E-state index contributed by atoms with van der Waals surface area (Å²) < 4.78 is 5.11. The lowest BCUT2D eigenvalue weighted by atomic mass is 10.1. The van der Waals surface area contributed by atoms with Gasteiger partial charge in [0.1, 0.15) is 5.01 Å². The van der Waals surface area contributed by atoms with Gasteiger partial charge in [0, 0.05) is 29.8 Å². The minimum Gasteiger partial charge on any atom is -0.455 e. The van der Waals surface area contributed by atoms with Crippen LogP contribution < -0.4 is 10.2 Å². The van der Waals surface area contributed by atoms with Gasteiger partial charge in [-0.3, -0.25) is 9.59 Å². The number of thiophene rings is 1. The molecule has 156 valence electrons. The molecule has 1 saturated heterocycles. The van der Waals surface area contributed by atoms with E-state index in [1.54, 1.807) is 11.3 Å². The molecule has 0 atom stereocenters. The highest BCUT2D eigenvalue weighted by Crippen LogP contribution is 2.28. The first-order valence-corrected chi connectivity index (χ1v) is 11.7. The number of rotatable bonds is 7. The fourth-order valence-electron chi connectivity index (χ4n) is 3.35. The number of nitrogens with zero attached hydrogens (tertiary/aromatic N) is 2. The highest BCUT2D eigenvalue weighted by Gasteiger charge is 2.13. The quantitative estimate of drug-likeness (QED) is 0.543. The molecule has 8 heteroatoms. The molecule has 0 spiro atoms. The van der Waals surface area contributed by atoms with Crippen LogP contribution in [0.2, 0.25) is 0 Å². The highest BCUT2D eigenvalue weighted by molar-refractivity contribution is 7.20. The van der Waals surface area contributed by atoms with Crippen LogP contribution in [-0.2, 0) is 20.7 Å². The normalized spacial score (nSPS) is 13.8. The molecule has 0 radical (unpaired) electrons. The Morgan fingerprint density at radius 2 is 1.87 bits per heavy atom. The number of thiazole rings is 1. The van der Waals surface area contributed by atoms with Crippen molar-refractivity contribution in [2.75, 3.05) is 29.9 Å². The zero-order valence-electron chi connectivity index (χ0n) is 16.5. The number of piperidine rings is 1. The maximum Gasteiger partial charge on any atom is 0.312 e. The predicted octanol–water partition coefficient (Wildman–Crippen LogP) is 4.59. The zero-order chi connectivity index (χ0) is 20.8. The van der Waals surface area contributed by atoms with Gasteiger partial charge in [0.15, 0.2) is 6.61 Å². The third kappa shape index (κ3) is 5.46. The van der Waals surface area contributed by atoms with Crippen molar-refractivity contribution in [3.8, 4) is 9.88 Å². The van der Waals surface area contributed by atoms with E-state index in [1.165, 1.54) is 36.3 Å². The number of amides is 1. The summed E-state index contributed by atoms with van der Waals surface area (Å²) >= 11 is 3.10. The molecule has 1 aliphatic heterocycles. The number of hydrogen-bond acceptors (Lipinski definition) is 7. The molecule has 1 amide bonds. The van der Waals surface area contributed by atoms with Gasteiger partial charge in [0.05, 0.1) is 17.0 Å². The van der Waals surface area contributed by atoms with E-state index in [-0.39, 0.29) is 18.9 Å². The second-order valence-corrected chi connectivity index (χ2v) is 8.91. The van der Waals surface area contributed by atoms with E-state index in [9.17, 15) is 9.59 Å². The van der Waals surface area contributed by atoms with Crippen molar-refractivity contribution in [1.82, 2.24) is 4.98 Å². The van der Waals surface area contributed by atoms with Gasteiger partial charge in [-0.2, -0.15) is 0 Å². The predicted molar refractivity (Wildman–Crippen MR) is 121 cm³/mol. The van der Waals surface area contributed by atoms with E-state index in [0.717, 1.165) is 23.0 Å². The number of hydrogen-bond donors (Lipinski definition) is 1. The Hall–Kier alpha value is -2.71. The van der Waals surface area contributed by atoms with Gasteiger partial charge in [-0.25, -0.2) is 4.98 Å². The Kier molecular flexibility index (Phi) is 6.76. The van der Waals surface area contributed by atoms with E-state index >= 15 is 0 Å². The van der Waals surface area contributed by atoms with Gasteiger partial charge in [0.2, 0.25) is 0 Å². The Morgan fingerprint density at radius 1 is 1.07 bits per heavy atom. The van der Waals surface area contributed by atoms with Gasteiger partial charge < -0.3 is 15.0 Å². The van der Waals surface area contributed by atoms with Crippen molar-refractivity contribution in [2.24, 2.45) is 0 Å². The van der Waals surface area contributed by atoms with Crippen molar-refractivity contribution >= 4 is 45.9 Å². The van der Waals surface area contributed by atoms with E-state index < -0.39 is 5.97 Å². The number of carbonyl (C=O) groups excluding carboxylic acids is 2. The number of ether oxygens (including phenoxy) is 1. The molecule has 3 heterocycles. The number of carbonyl (C=O) groups is 2. The molecule has 0 aliphatic carbocycles. The summed E-state index contributed by atoms with van der Waals surface area (Å²) in [5, 5.41) is 7.49.